The van der Waals surface area contributed by atoms with Crippen molar-refractivity contribution in [3.05, 3.63) is 0 Å². The molecule has 18 heavy (non-hydrogen) atoms. The normalized spacial score (nSPS) is 8.17. The zero-order valence-corrected chi connectivity index (χ0v) is 9.51. The number of hydrogen-bond acceptors (Lipinski definition) is 5. The first-order valence-electron chi connectivity index (χ1n) is 2.99. The minimum Gasteiger partial charge on any atom is -1.00 e. The van der Waals surface area contributed by atoms with E-state index in [4.69, 9.17) is 58.8 Å². The molecule has 0 aliphatic carbocycles. The molecule has 0 spiro atoms. The maximum atomic E-state index is 9.10. The van der Waals surface area contributed by atoms with E-state index >= 15 is 0 Å². The Bertz CT molecular complexity index is 291. The van der Waals surface area contributed by atoms with Gasteiger partial charge in [0.25, 0.3) is 0 Å². The minimum atomic E-state index is -4.64. The van der Waals surface area contributed by atoms with E-state index in [1.165, 1.54) is 0 Å². The smallest absolute Gasteiger partial charge is 1.00 e. The molecule has 0 aromatic carbocycles. The molecule has 0 heterocycles. The number of carboxylic acid groups (broad SMARTS) is 4. The van der Waals surface area contributed by atoms with E-state index in [1.54, 1.807) is 0 Å². The topological polar surface area (TPSA) is 227 Å². The summed E-state index contributed by atoms with van der Waals surface area (Å²) >= 11 is 0. The van der Waals surface area contributed by atoms with Crippen molar-refractivity contribution < 1.29 is 79.1 Å². The molecule has 0 fully saturated rings. The fourth-order valence-corrected chi connectivity index (χ4v) is 0. The molecular formula is C4H8LiO12P. The van der Waals surface area contributed by atoms with Gasteiger partial charge in [0.1, 0.15) is 0 Å². The summed E-state index contributed by atoms with van der Waals surface area (Å²) in [4.78, 5) is 58.0. The van der Waals surface area contributed by atoms with Crippen molar-refractivity contribution in [2.45, 2.75) is 0 Å². The zero-order chi connectivity index (χ0) is 14.8. The molecule has 14 heteroatoms. The van der Waals surface area contributed by atoms with Crippen LogP contribution in [0.25, 0.3) is 0 Å². The number of carbonyl (C=O) groups is 4. The molecule has 7 N–H and O–H groups in total. The second-order valence-electron chi connectivity index (χ2n) is 1.73. The summed E-state index contributed by atoms with van der Waals surface area (Å²) in [7, 11) is -4.64. The molecule has 0 saturated heterocycles. The molecule has 0 aliphatic rings. The first kappa shape index (κ1) is 25.4. The largest absolute Gasteiger partial charge is 1.00 e. The Balaban J connectivity index is -0.0000000492. The third kappa shape index (κ3) is 62.1. The van der Waals surface area contributed by atoms with Crippen molar-refractivity contribution in [2.75, 3.05) is 0 Å². The molecule has 0 atom stereocenters. The Morgan fingerprint density at radius 1 is 0.667 bits per heavy atom. The van der Waals surface area contributed by atoms with Crippen LogP contribution in [0.2, 0.25) is 0 Å². The van der Waals surface area contributed by atoms with Gasteiger partial charge < -0.3 is 36.5 Å². The van der Waals surface area contributed by atoms with E-state index in [0.29, 0.717) is 0 Å². The van der Waals surface area contributed by atoms with Crippen LogP contribution >= 0.6 is 7.82 Å². The summed E-state index contributed by atoms with van der Waals surface area (Å²) in [6.45, 7) is 0. The van der Waals surface area contributed by atoms with Crippen LogP contribution in [0.3, 0.4) is 0 Å². The predicted octanol–water partition coefficient (Wildman–Crippen LogP) is -5.50. The van der Waals surface area contributed by atoms with Crippen molar-refractivity contribution in [3.63, 3.8) is 0 Å². The van der Waals surface area contributed by atoms with Gasteiger partial charge in [-0.05, 0) is 0 Å². The van der Waals surface area contributed by atoms with Gasteiger partial charge in [-0.25, -0.2) is 23.7 Å². The van der Waals surface area contributed by atoms with E-state index in [1.807, 2.05) is 0 Å². The Labute approximate surface area is 111 Å². The van der Waals surface area contributed by atoms with Gasteiger partial charge in [0, 0.05) is 0 Å². The van der Waals surface area contributed by atoms with Crippen LogP contribution in [0, 0.1) is 0 Å². The third-order valence-electron chi connectivity index (χ3n) is 0.366. The SMILES string of the molecule is O=C(O)C(=O)O.O=C(O)C(=O)O.O=P(O)(O)O.[H-].[Li+]. The average Bonchev–Trinajstić information content (AvgIpc) is 2.01. The second-order valence-corrected chi connectivity index (χ2v) is 2.76. The molecule has 0 aromatic rings. The summed E-state index contributed by atoms with van der Waals surface area (Å²) in [5.41, 5.74) is 0. The molecule has 0 rings (SSSR count). The standard InChI is InChI=1S/2C2H2O4.Li.H3O4P.H/c2*3-1(4)2(5)6;;1-5(2,3)4;/h2*(H,3,4)(H,5,6);;(H3,1,2,3,4);/q;;+1;;-1. The van der Waals surface area contributed by atoms with Crippen LogP contribution in [-0.4, -0.2) is 59.0 Å². The number of phosphoric acid groups is 1. The Hall–Kier alpha value is -1.41. The molecule has 12 nitrogen and oxygen atoms in total. The maximum absolute atomic E-state index is 9.10. The van der Waals surface area contributed by atoms with Crippen LogP contribution in [-0.2, 0) is 23.7 Å². The molecule has 0 aromatic heterocycles. The van der Waals surface area contributed by atoms with Gasteiger partial charge in [0.2, 0.25) is 0 Å². The molecule has 0 aliphatic heterocycles. The van der Waals surface area contributed by atoms with Gasteiger partial charge >= 0.3 is 50.6 Å². The van der Waals surface area contributed by atoms with Crippen LogP contribution in [0.5, 0.6) is 0 Å². The molecule has 0 amide bonds. The van der Waals surface area contributed by atoms with E-state index in [-0.39, 0.29) is 20.3 Å². The first-order chi connectivity index (χ1) is 7.29. The van der Waals surface area contributed by atoms with Gasteiger partial charge in [0.15, 0.2) is 0 Å². The van der Waals surface area contributed by atoms with Crippen molar-refractivity contribution in [1.82, 2.24) is 0 Å². The van der Waals surface area contributed by atoms with Gasteiger partial charge in [-0.2, -0.15) is 0 Å². The van der Waals surface area contributed by atoms with Crippen LogP contribution in [0.4, 0.5) is 0 Å². The molecule has 102 valence electrons. The van der Waals surface area contributed by atoms with E-state index in [0.717, 1.165) is 0 Å². The van der Waals surface area contributed by atoms with Crippen molar-refractivity contribution >= 4 is 31.7 Å². The number of hydrogen-bond donors (Lipinski definition) is 7. The summed E-state index contributed by atoms with van der Waals surface area (Å²) in [5.74, 6) is -7.30. The summed E-state index contributed by atoms with van der Waals surface area (Å²) in [6, 6.07) is 0. The first-order valence-corrected chi connectivity index (χ1v) is 4.56. The van der Waals surface area contributed by atoms with Gasteiger partial charge in [-0.3, -0.25) is 0 Å². The molecule has 0 radical (unpaired) electrons. The predicted molar refractivity (Wildman–Crippen MR) is 45.9 cm³/mol. The molecule has 0 bridgehead atoms. The van der Waals surface area contributed by atoms with Gasteiger partial charge in [0.05, 0.1) is 0 Å². The van der Waals surface area contributed by atoms with Crippen LogP contribution in [0.1, 0.15) is 1.43 Å². The van der Waals surface area contributed by atoms with E-state index in [2.05, 4.69) is 0 Å². The number of carboxylic acids is 4. The minimum absolute atomic E-state index is 0. The zero-order valence-electron chi connectivity index (χ0n) is 9.62. The van der Waals surface area contributed by atoms with E-state index in [9.17, 15) is 0 Å². The summed E-state index contributed by atoms with van der Waals surface area (Å²) < 4.78 is 8.88. The van der Waals surface area contributed by atoms with Crippen LogP contribution < -0.4 is 18.9 Å². The number of rotatable bonds is 0. The molecule has 0 unspecified atom stereocenters. The Morgan fingerprint density at radius 3 is 0.722 bits per heavy atom. The quantitative estimate of drug-likeness (QED) is 0.126. The summed E-state index contributed by atoms with van der Waals surface area (Å²) in [6.07, 6.45) is 0. The van der Waals surface area contributed by atoms with Gasteiger partial charge in [-0.1, -0.05) is 0 Å². The molecule has 0 saturated carbocycles. The third-order valence-corrected chi connectivity index (χ3v) is 0.366. The van der Waals surface area contributed by atoms with Crippen molar-refractivity contribution in [3.8, 4) is 0 Å². The van der Waals surface area contributed by atoms with Crippen molar-refractivity contribution in [1.29, 1.82) is 0 Å². The average molecular weight is 286 g/mol. The maximum Gasteiger partial charge on any atom is 1.00 e. The second kappa shape index (κ2) is 12.1. The molecular weight excluding hydrogens is 278 g/mol. The number of aliphatic carboxylic acids is 4. The fraction of sp³-hybridized carbons (Fsp3) is 0. The summed E-state index contributed by atoms with van der Waals surface area (Å²) in [5, 5.41) is 29.6. The van der Waals surface area contributed by atoms with Gasteiger partial charge in [-0.15, -0.1) is 0 Å². The monoisotopic (exact) mass is 286 g/mol. The van der Waals surface area contributed by atoms with Crippen LogP contribution in [0.15, 0.2) is 0 Å². The van der Waals surface area contributed by atoms with E-state index < -0.39 is 31.7 Å². The van der Waals surface area contributed by atoms with Crippen molar-refractivity contribution in [2.24, 2.45) is 0 Å². The Morgan fingerprint density at radius 2 is 0.722 bits per heavy atom. The Kier molecular flexibility index (Phi) is 17.0. The fourth-order valence-electron chi connectivity index (χ4n) is 0.